The first-order valence-electron chi connectivity index (χ1n) is 4.07. The highest BCUT2D eigenvalue weighted by atomic mass is 35.8. The molecule has 0 N–H and O–H groups in total. The molecule has 19 heavy (non-hydrogen) atoms. The quantitative estimate of drug-likeness (QED) is 0.331. The fourth-order valence-electron chi connectivity index (χ4n) is 0. The number of rotatable bonds is 0. The Labute approximate surface area is 158 Å². The van der Waals surface area contributed by atoms with Crippen LogP contribution in [-0.4, -0.2) is 36.7 Å². The summed E-state index contributed by atoms with van der Waals surface area (Å²) in [6.07, 6.45) is 0. The van der Waals surface area contributed by atoms with E-state index >= 15 is 0 Å². The molecule has 0 aromatic rings. The van der Waals surface area contributed by atoms with E-state index in [1.165, 1.54) is 30.7 Å². The fraction of sp³-hybridized carbons (Fsp3) is 1.00. The molecule has 0 saturated heterocycles. The van der Waals surface area contributed by atoms with Gasteiger partial charge in [-0.1, -0.05) is 79.1 Å². The minimum absolute atomic E-state index is 0. The fourth-order valence-corrected chi connectivity index (χ4v) is 0. The van der Waals surface area contributed by atoms with Gasteiger partial charge in [0.1, 0.15) is 0 Å². The van der Waals surface area contributed by atoms with Crippen molar-refractivity contribution in [3.05, 3.63) is 0 Å². The van der Waals surface area contributed by atoms with Crippen LogP contribution in [0.2, 0.25) is 26.2 Å². The molecule has 0 unspecified atom stereocenters. The third-order valence-electron chi connectivity index (χ3n) is 0. The number of halogens is 3. The minimum atomic E-state index is -2.19. The predicted octanol–water partition coefficient (Wildman–Crippen LogP) is 6.05. The average Bonchev–Trinajstić information content (AvgIpc) is 1.96. The second-order valence-electron chi connectivity index (χ2n) is 0.781. The maximum absolute atomic E-state index is 5.20. The molecule has 0 atom stereocenters. The van der Waals surface area contributed by atoms with E-state index in [0.29, 0.717) is 0 Å². The molecule has 0 radical (unpaired) electrons. The van der Waals surface area contributed by atoms with Crippen LogP contribution in [0.5, 0.6) is 0 Å². The highest BCUT2D eigenvalue weighted by Crippen LogP contribution is 2.17. The molecule has 0 bridgehead atoms. The summed E-state index contributed by atoms with van der Waals surface area (Å²) in [5.41, 5.74) is 0. The van der Waals surface area contributed by atoms with Crippen molar-refractivity contribution in [1.82, 2.24) is 0 Å². The summed E-state index contributed by atoms with van der Waals surface area (Å²) in [7, 11) is 3.92. The Bertz CT molecular complexity index is 50.0. The Hall–Kier alpha value is 1.74. The Balaban J connectivity index is -0.00000000238. The zero-order chi connectivity index (χ0) is 10.5. The van der Waals surface area contributed by atoms with Crippen LogP contribution in [0.15, 0.2) is 0 Å². The molecule has 0 rings (SSSR count). The maximum Gasteiger partial charge on any atom is 0.338 e. The lowest BCUT2D eigenvalue weighted by molar-refractivity contribution is 2.31. The summed E-state index contributed by atoms with van der Waals surface area (Å²) in [5.74, 6) is 0. The van der Waals surface area contributed by atoms with E-state index in [0.717, 1.165) is 0 Å². The summed E-state index contributed by atoms with van der Waals surface area (Å²) in [5, 5.41) is 0. The lowest BCUT2D eigenvalue weighted by Gasteiger charge is -1.89. The van der Waals surface area contributed by atoms with Crippen molar-refractivity contribution in [3.8, 4) is 0 Å². The van der Waals surface area contributed by atoms with Crippen molar-refractivity contribution < 1.29 is 2.85 Å². The third kappa shape index (κ3) is 2060. The van der Waals surface area contributed by atoms with Gasteiger partial charge in [0.25, 0.3) is 0 Å². The molecular formula is C12H57Cl3Si4. The van der Waals surface area contributed by atoms with Crippen molar-refractivity contribution >= 4 is 70.0 Å². The summed E-state index contributed by atoms with van der Waals surface area (Å²) >= 11 is 15.6. The summed E-state index contributed by atoms with van der Waals surface area (Å²) < 4.78 is 0. The van der Waals surface area contributed by atoms with E-state index in [4.69, 9.17) is 33.2 Å². The smallest absolute Gasteiger partial charge is 0.126 e. The van der Waals surface area contributed by atoms with Crippen molar-refractivity contribution in [1.29, 1.82) is 0 Å². The maximum atomic E-state index is 5.20. The highest BCUT2D eigenvalue weighted by Gasteiger charge is 2.13. The molecule has 0 aliphatic carbocycles. The Kier molecular flexibility index (Phi) is 645. The topological polar surface area (TPSA) is 0 Å². The molecule has 7 heteroatoms. The number of hydrogen-bond acceptors (Lipinski definition) is 0. The van der Waals surface area contributed by atoms with Gasteiger partial charge in [-0.3, -0.25) is 0 Å². The van der Waals surface area contributed by atoms with Gasteiger partial charge in [0.05, 0.1) is 0 Å². The SMILES string of the molecule is C.C.C.C.C.C.C.C.C[SiH3].C[SiH3].C[SiH3].C[Si](Cl)(Cl)Cl.[HH].[HH]. The molecule has 0 nitrogen and oxygen atoms in total. The number of hydrogen-bond donors (Lipinski definition) is 0. The largest absolute Gasteiger partial charge is 0.338 e. The van der Waals surface area contributed by atoms with Gasteiger partial charge in [0, 0.05) is 2.85 Å². The van der Waals surface area contributed by atoms with E-state index in [1.807, 2.05) is 0 Å². The molecule has 0 aromatic carbocycles. The van der Waals surface area contributed by atoms with Crippen LogP contribution in [0, 0.1) is 0 Å². The van der Waals surface area contributed by atoms with Gasteiger partial charge in [-0.05, 0) is 37.3 Å². The first kappa shape index (κ1) is 106. The first-order chi connectivity index (χ1) is 5.00. The Morgan fingerprint density at radius 2 is 0.526 bits per heavy atom. The van der Waals surface area contributed by atoms with Gasteiger partial charge in [0.2, 0.25) is 0 Å². The van der Waals surface area contributed by atoms with E-state index in [9.17, 15) is 0 Å². The van der Waals surface area contributed by atoms with Gasteiger partial charge in [0.15, 0.2) is 0 Å². The molecule has 0 heterocycles. The Morgan fingerprint density at radius 3 is 0.526 bits per heavy atom. The Morgan fingerprint density at radius 1 is 0.526 bits per heavy atom. The molecule has 142 valence electrons. The molecule has 0 saturated carbocycles. The van der Waals surface area contributed by atoms with Crippen molar-refractivity contribution in [2.45, 2.75) is 85.6 Å². The monoisotopic (exact) mass is 418 g/mol. The minimum Gasteiger partial charge on any atom is -0.126 e. The van der Waals surface area contributed by atoms with Gasteiger partial charge in [-0.25, -0.2) is 0 Å². The zero-order valence-electron chi connectivity index (χ0n) is 8.63. The first-order valence-corrected chi connectivity index (χ1v) is 15.6. The zero-order valence-corrected chi connectivity index (χ0v) is 17.9. The molecule has 0 amide bonds. The van der Waals surface area contributed by atoms with Gasteiger partial charge < -0.3 is 0 Å². The van der Waals surface area contributed by atoms with Crippen LogP contribution in [0.4, 0.5) is 0 Å². The van der Waals surface area contributed by atoms with E-state index in [2.05, 4.69) is 19.6 Å². The highest BCUT2D eigenvalue weighted by molar-refractivity contribution is 7.64. The second kappa shape index (κ2) is 116. The summed E-state index contributed by atoms with van der Waals surface area (Å²) in [6, 6.07) is -2.19. The van der Waals surface area contributed by atoms with Crippen LogP contribution in [0.1, 0.15) is 62.3 Å². The van der Waals surface area contributed by atoms with E-state index in [1.54, 1.807) is 6.55 Å². The molecule has 0 aliphatic heterocycles. The van der Waals surface area contributed by atoms with Crippen molar-refractivity contribution in [3.63, 3.8) is 0 Å². The van der Waals surface area contributed by atoms with Crippen LogP contribution < -0.4 is 0 Å². The van der Waals surface area contributed by atoms with Gasteiger partial charge in [-0.15, -0.1) is 33.2 Å². The second-order valence-corrected chi connectivity index (χ2v) is 10.9. The average molecular weight is 420 g/mol. The van der Waals surface area contributed by atoms with Crippen LogP contribution in [0.25, 0.3) is 0 Å². The van der Waals surface area contributed by atoms with Gasteiger partial charge >= 0.3 is 6.00 Å². The summed E-state index contributed by atoms with van der Waals surface area (Å²) in [4.78, 5) is 0. The molecule has 0 aliphatic rings. The van der Waals surface area contributed by atoms with Crippen LogP contribution in [-0.2, 0) is 0 Å². The molecule has 0 fully saturated rings. The van der Waals surface area contributed by atoms with E-state index in [-0.39, 0.29) is 62.3 Å². The van der Waals surface area contributed by atoms with Crippen molar-refractivity contribution in [2.24, 2.45) is 0 Å². The molecule has 0 aromatic heterocycles. The van der Waals surface area contributed by atoms with Crippen molar-refractivity contribution in [2.75, 3.05) is 0 Å². The third-order valence-corrected chi connectivity index (χ3v) is 0. The van der Waals surface area contributed by atoms with Crippen LogP contribution in [0.3, 0.4) is 0 Å². The lowest BCUT2D eigenvalue weighted by atomic mass is 11.9. The normalized spacial score (nSPS) is 4.58. The van der Waals surface area contributed by atoms with Gasteiger partial charge in [-0.2, -0.15) is 0 Å². The van der Waals surface area contributed by atoms with Crippen LogP contribution >= 0.6 is 33.2 Å². The standard InChI is InChI=1S/CH3Cl3Si.3CH6Si.8CH4.2H2/c1-5(2,3)4;3*1-2;;;;;;;;;;/h1H3;3*1-2H3;8*1H4;2*1H. The van der Waals surface area contributed by atoms with E-state index < -0.39 is 6.00 Å². The predicted molar refractivity (Wildman–Crippen MR) is 135 cm³/mol. The molecule has 0 spiro atoms. The lowest BCUT2D eigenvalue weighted by Crippen LogP contribution is -1.97. The molecular weight excluding hydrogens is 363 g/mol. The summed E-state index contributed by atoms with van der Waals surface area (Å²) in [6.45, 7) is 8.04.